The molecule has 0 aromatic carbocycles. The summed E-state index contributed by atoms with van der Waals surface area (Å²) in [6.07, 6.45) is 5.50. The van der Waals surface area contributed by atoms with Crippen LogP contribution in [0.4, 0.5) is 22.2 Å². The molecule has 8 heteroatoms. The number of pyridine rings is 1. The van der Waals surface area contributed by atoms with Gasteiger partial charge < -0.3 is 9.73 Å². The van der Waals surface area contributed by atoms with E-state index in [0.29, 0.717) is 0 Å². The van der Waals surface area contributed by atoms with Gasteiger partial charge in [-0.15, -0.1) is 0 Å². The molecule has 0 aliphatic carbocycles. The van der Waals surface area contributed by atoms with Crippen molar-refractivity contribution in [3.63, 3.8) is 0 Å². The Kier molecular flexibility index (Phi) is 5.24. The summed E-state index contributed by atoms with van der Waals surface area (Å²) in [6.45, 7) is 3.03. The molecule has 2 aromatic heterocycles. The molecule has 117 valence electrons. The predicted molar refractivity (Wildman–Crippen MR) is 83.8 cm³/mol. The van der Waals surface area contributed by atoms with Crippen LogP contribution in [0.2, 0.25) is 0 Å². The van der Waals surface area contributed by atoms with Gasteiger partial charge in [0.1, 0.15) is 0 Å². The van der Waals surface area contributed by atoms with E-state index >= 15 is 0 Å². The van der Waals surface area contributed by atoms with E-state index in [1.807, 2.05) is 0 Å². The minimum atomic E-state index is -0.588. The molecule has 2 N–H and O–H groups in total. The second-order valence-corrected chi connectivity index (χ2v) is 4.20. The molecular weight excluding hydrogens is 300 g/mol. The van der Waals surface area contributed by atoms with Crippen molar-refractivity contribution in [2.75, 3.05) is 22.1 Å². The lowest BCUT2D eigenvalue weighted by Gasteiger charge is -2.20. The number of aromatic nitrogens is 1. The molecule has 2 rings (SSSR count). The van der Waals surface area contributed by atoms with Crippen LogP contribution in [0.25, 0.3) is 0 Å². The van der Waals surface area contributed by atoms with Gasteiger partial charge in [-0.3, -0.25) is 19.8 Å². The molecule has 0 fully saturated rings. The van der Waals surface area contributed by atoms with Crippen LogP contribution in [0.1, 0.15) is 0 Å². The highest BCUT2D eigenvalue weighted by Crippen LogP contribution is 2.23. The number of anilines is 3. The SMILES string of the molecule is C=CC(=O)N(C[C]=O)c1ncccc1NC(=O)Nc1ccco1. The Morgan fingerprint density at radius 2 is 2.17 bits per heavy atom. The lowest BCUT2D eigenvalue weighted by atomic mass is 10.3. The molecule has 0 bridgehead atoms. The maximum absolute atomic E-state index is 11.9. The van der Waals surface area contributed by atoms with Crippen LogP contribution in [-0.4, -0.2) is 29.8 Å². The van der Waals surface area contributed by atoms with Gasteiger partial charge in [-0.1, -0.05) is 6.58 Å². The molecule has 3 amide bonds. The number of hydrogen-bond donors (Lipinski definition) is 2. The maximum Gasteiger partial charge on any atom is 0.326 e. The minimum absolute atomic E-state index is 0.107. The first-order valence-corrected chi connectivity index (χ1v) is 6.51. The van der Waals surface area contributed by atoms with Gasteiger partial charge in [-0.05, 0) is 24.3 Å². The van der Waals surface area contributed by atoms with Crippen LogP contribution < -0.4 is 15.5 Å². The number of furan rings is 1. The zero-order valence-corrected chi connectivity index (χ0v) is 12.0. The highest BCUT2D eigenvalue weighted by molar-refractivity contribution is 6.07. The third-order valence-electron chi connectivity index (χ3n) is 2.71. The largest absolute Gasteiger partial charge is 0.449 e. The second-order valence-electron chi connectivity index (χ2n) is 4.20. The normalized spacial score (nSPS) is 9.74. The summed E-state index contributed by atoms with van der Waals surface area (Å²) >= 11 is 0. The lowest BCUT2D eigenvalue weighted by molar-refractivity contribution is -0.114. The van der Waals surface area contributed by atoms with Crippen LogP contribution in [0.5, 0.6) is 0 Å². The van der Waals surface area contributed by atoms with Crippen molar-refractivity contribution in [1.29, 1.82) is 0 Å². The summed E-state index contributed by atoms with van der Waals surface area (Å²) in [7, 11) is 0. The quantitative estimate of drug-likeness (QED) is 0.793. The zero-order valence-electron chi connectivity index (χ0n) is 12.0. The molecule has 2 heterocycles. The fraction of sp³-hybridized carbons (Fsp3) is 0.0667. The number of amides is 3. The summed E-state index contributed by atoms with van der Waals surface area (Å²) in [5.74, 6) is -0.176. The molecular formula is C15H13N4O4. The van der Waals surface area contributed by atoms with E-state index in [9.17, 15) is 14.4 Å². The van der Waals surface area contributed by atoms with Crippen LogP contribution >= 0.6 is 0 Å². The minimum Gasteiger partial charge on any atom is -0.449 e. The fourth-order valence-corrected chi connectivity index (χ4v) is 1.76. The predicted octanol–water partition coefficient (Wildman–Crippen LogP) is 1.95. The van der Waals surface area contributed by atoms with Crippen molar-refractivity contribution in [2.45, 2.75) is 0 Å². The van der Waals surface area contributed by atoms with Crippen molar-refractivity contribution in [3.8, 4) is 0 Å². The maximum atomic E-state index is 11.9. The Bertz CT molecular complexity index is 712. The Hall–Kier alpha value is -3.42. The lowest BCUT2D eigenvalue weighted by Crippen LogP contribution is -2.33. The van der Waals surface area contributed by atoms with Crippen LogP contribution in [-0.2, 0) is 9.59 Å². The topological polar surface area (TPSA) is 105 Å². The van der Waals surface area contributed by atoms with Crippen LogP contribution in [0.3, 0.4) is 0 Å². The van der Waals surface area contributed by atoms with E-state index < -0.39 is 11.9 Å². The number of rotatable bonds is 6. The number of nitrogens with one attached hydrogen (secondary N) is 2. The molecule has 0 aliphatic heterocycles. The molecule has 1 radical (unpaired) electrons. The average Bonchev–Trinajstić information content (AvgIpc) is 3.05. The summed E-state index contributed by atoms with van der Waals surface area (Å²) in [6, 6.07) is 5.72. The molecule has 2 aromatic rings. The van der Waals surface area contributed by atoms with Crippen molar-refractivity contribution in [1.82, 2.24) is 4.98 Å². The standard InChI is InChI=1S/C15H13N4O4/c1-2-13(21)19(8-9-20)14-11(5-3-7-16-14)17-15(22)18-12-6-4-10-23-12/h2-7,10H,1,8H2,(H2,17,18,22). The van der Waals surface area contributed by atoms with Crippen molar-refractivity contribution in [3.05, 3.63) is 49.4 Å². The van der Waals surface area contributed by atoms with E-state index in [0.717, 1.165) is 11.0 Å². The van der Waals surface area contributed by atoms with Gasteiger partial charge in [0.15, 0.2) is 5.82 Å². The average molecular weight is 313 g/mol. The van der Waals surface area contributed by atoms with E-state index in [2.05, 4.69) is 22.2 Å². The van der Waals surface area contributed by atoms with Crippen molar-refractivity contribution < 1.29 is 18.8 Å². The first-order valence-electron chi connectivity index (χ1n) is 6.51. The van der Waals surface area contributed by atoms with Gasteiger partial charge in [0.05, 0.1) is 18.5 Å². The third kappa shape index (κ3) is 4.03. The molecule has 0 saturated heterocycles. The van der Waals surface area contributed by atoms with Gasteiger partial charge >= 0.3 is 6.03 Å². The molecule has 0 unspecified atom stereocenters. The third-order valence-corrected chi connectivity index (χ3v) is 2.71. The van der Waals surface area contributed by atoms with Crippen molar-refractivity contribution >= 4 is 35.6 Å². The zero-order chi connectivity index (χ0) is 16.7. The van der Waals surface area contributed by atoms with E-state index in [1.165, 1.54) is 18.5 Å². The molecule has 0 spiro atoms. The molecule has 0 atom stereocenters. The first kappa shape index (κ1) is 16.0. The summed E-state index contributed by atoms with van der Waals surface area (Å²) < 4.78 is 5.00. The highest BCUT2D eigenvalue weighted by atomic mass is 16.3. The number of carbonyl (C=O) groups excluding carboxylic acids is 3. The molecule has 0 aliphatic rings. The van der Waals surface area contributed by atoms with Gasteiger partial charge in [0, 0.05) is 12.3 Å². The Labute approximate surface area is 131 Å². The van der Waals surface area contributed by atoms with E-state index in [-0.39, 0.29) is 23.9 Å². The van der Waals surface area contributed by atoms with Gasteiger partial charge in [0.25, 0.3) is 5.91 Å². The monoisotopic (exact) mass is 313 g/mol. The Morgan fingerprint density at radius 1 is 1.35 bits per heavy atom. The van der Waals surface area contributed by atoms with Crippen LogP contribution in [0.15, 0.2) is 53.8 Å². The first-order chi connectivity index (χ1) is 11.2. The van der Waals surface area contributed by atoms with Gasteiger partial charge in [0.2, 0.25) is 12.2 Å². The number of nitrogens with zero attached hydrogens (tertiary/aromatic N) is 2. The van der Waals surface area contributed by atoms with Gasteiger partial charge in [-0.25, -0.2) is 9.78 Å². The van der Waals surface area contributed by atoms with Gasteiger partial charge in [-0.2, -0.15) is 0 Å². The molecule has 23 heavy (non-hydrogen) atoms. The second kappa shape index (κ2) is 7.55. The number of hydrogen-bond acceptors (Lipinski definition) is 5. The van der Waals surface area contributed by atoms with E-state index in [1.54, 1.807) is 24.5 Å². The molecule has 8 nitrogen and oxygen atoms in total. The molecule has 0 saturated carbocycles. The van der Waals surface area contributed by atoms with Crippen LogP contribution in [0, 0.1) is 0 Å². The van der Waals surface area contributed by atoms with E-state index in [4.69, 9.17) is 4.42 Å². The Morgan fingerprint density at radius 3 is 2.83 bits per heavy atom. The summed E-state index contributed by atoms with van der Waals surface area (Å²) in [4.78, 5) is 39.5. The smallest absolute Gasteiger partial charge is 0.326 e. The van der Waals surface area contributed by atoms with Crippen molar-refractivity contribution in [2.24, 2.45) is 0 Å². The highest BCUT2D eigenvalue weighted by Gasteiger charge is 2.19. The Balaban J connectivity index is 2.21. The summed E-state index contributed by atoms with van der Waals surface area (Å²) in [5, 5.41) is 5.00. The fourth-order valence-electron chi connectivity index (χ4n) is 1.76. The number of urea groups is 1. The number of carbonyl (C=O) groups is 2. The summed E-state index contributed by atoms with van der Waals surface area (Å²) in [5.41, 5.74) is 0.238.